The summed E-state index contributed by atoms with van der Waals surface area (Å²) in [7, 11) is 0. The largest absolute Gasteiger partial charge is 0.508 e. The fourth-order valence-electron chi connectivity index (χ4n) is 2.26. The number of phenolic OH excluding ortho intramolecular Hbond substituents is 1. The van der Waals surface area contributed by atoms with E-state index in [-0.39, 0.29) is 18.2 Å². The van der Waals surface area contributed by atoms with Gasteiger partial charge in [-0.15, -0.1) is 11.3 Å². The number of aromatic hydroxyl groups is 1. The van der Waals surface area contributed by atoms with E-state index in [2.05, 4.69) is 10.3 Å². The molecule has 1 atom stereocenters. The summed E-state index contributed by atoms with van der Waals surface area (Å²) in [6.07, 6.45) is 3.50. The van der Waals surface area contributed by atoms with Gasteiger partial charge in [0, 0.05) is 18.9 Å². The second kappa shape index (κ2) is 6.13. The van der Waals surface area contributed by atoms with E-state index in [1.54, 1.807) is 36.7 Å². The Bertz CT molecular complexity index is 766. The lowest BCUT2D eigenvalue weighted by Crippen LogP contribution is -2.27. The molecule has 112 valence electrons. The number of benzene rings is 1. The third kappa shape index (κ3) is 2.93. The lowest BCUT2D eigenvalue weighted by Gasteiger charge is -2.14. The number of nitrogens with one attached hydrogen (secondary N) is 1. The van der Waals surface area contributed by atoms with Gasteiger partial charge in [0.25, 0.3) is 0 Å². The summed E-state index contributed by atoms with van der Waals surface area (Å²) in [5.74, 6) is -0.450. The second-order valence-corrected chi connectivity index (χ2v) is 5.98. The van der Waals surface area contributed by atoms with Gasteiger partial charge >= 0.3 is 0 Å². The number of nitrogens with two attached hydrogens (primary N) is 1. The van der Waals surface area contributed by atoms with Crippen LogP contribution in [0.3, 0.4) is 0 Å². The Labute approximate surface area is 131 Å². The Kier molecular flexibility index (Phi) is 4.04. The van der Waals surface area contributed by atoms with Gasteiger partial charge in [0.1, 0.15) is 5.75 Å². The van der Waals surface area contributed by atoms with Crippen molar-refractivity contribution < 1.29 is 9.90 Å². The number of carbonyl (C=O) groups excluding carboxylic acids is 1. The lowest BCUT2D eigenvalue weighted by molar-refractivity contribution is -0.117. The van der Waals surface area contributed by atoms with Crippen LogP contribution in [0, 0.1) is 0 Å². The van der Waals surface area contributed by atoms with E-state index >= 15 is 0 Å². The summed E-state index contributed by atoms with van der Waals surface area (Å²) < 4.78 is 1.02. The Balaban J connectivity index is 1.80. The minimum Gasteiger partial charge on any atom is -0.508 e. The number of rotatable bonds is 4. The van der Waals surface area contributed by atoms with Crippen molar-refractivity contribution in [2.45, 2.75) is 5.92 Å². The predicted octanol–water partition coefficient (Wildman–Crippen LogP) is 2.68. The number of pyridine rings is 1. The highest BCUT2D eigenvalue weighted by Gasteiger charge is 2.19. The first kappa shape index (κ1) is 14.5. The Morgan fingerprint density at radius 2 is 2.09 bits per heavy atom. The molecule has 0 saturated heterocycles. The number of thiophene rings is 1. The maximum Gasteiger partial charge on any atom is 0.233 e. The summed E-state index contributed by atoms with van der Waals surface area (Å²) in [6, 6.07) is 10.3. The summed E-state index contributed by atoms with van der Waals surface area (Å²) in [5, 5.41) is 14.0. The van der Waals surface area contributed by atoms with Gasteiger partial charge < -0.3 is 16.2 Å². The third-order valence-electron chi connectivity index (χ3n) is 3.42. The number of anilines is 1. The zero-order valence-electron chi connectivity index (χ0n) is 11.7. The van der Waals surface area contributed by atoms with E-state index < -0.39 is 5.92 Å². The molecule has 3 aromatic rings. The van der Waals surface area contributed by atoms with Crippen LogP contribution in [-0.4, -0.2) is 22.5 Å². The first-order chi connectivity index (χ1) is 10.7. The molecule has 0 spiro atoms. The number of fused-ring (bicyclic) bond motifs is 1. The average molecular weight is 313 g/mol. The minimum absolute atomic E-state index is 0.160. The molecule has 1 amide bonds. The van der Waals surface area contributed by atoms with Crippen molar-refractivity contribution in [2.24, 2.45) is 5.73 Å². The van der Waals surface area contributed by atoms with Gasteiger partial charge in [0.2, 0.25) is 5.91 Å². The first-order valence-electron chi connectivity index (χ1n) is 6.81. The second-order valence-electron chi connectivity index (χ2n) is 4.89. The number of hydrogen-bond donors (Lipinski definition) is 3. The summed E-state index contributed by atoms with van der Waals surface area (Å²) in [4.78, 5) is 16.5. The standard InChI is InChI=1S/C16H15N3O2S/c17-8-13(10-1-3-12(20)4-2-10)16(21)19-15-7-11-5-6-18-9-14(11)22-15/h1-7,9,13,20H,8,17H2,(H,19,21). The van der Waals surface area contributed by atoms with Gasteiger partial charge in [-0.2, -0.15) is 0 Å². The van der Waals surface area contributed by atoms with Gasteiger partial charge in [-0.25, -0.2) is 0 Å². The minimum atomic E-state index is -0.455. The average Bonchev–Trinajstić information content (AvgIpc) is 2.92. The van der Waals surface area contributed by atoms with Crippen LogP contribution >= 0.6 is 11.3 Å². The van der Waals surface area contributed by atoms with E-state index in [4.69, 9.17) is 5.73 Å². The molecule has 1 unspecified atom stereocenters. The number of carbonyl (C=O) groups is 1. The fraction of sp³-hybridized carbons (Fsp3) is 0.125. The molecule has 5 nitrogen and oxygen atoms in total. The zero-order valence-corrected chi connectivity index (χ0v) is 12.5. The molecule has 2 heterocycles. The monoisotopic (exact) mass is 313 g/mol. The van der Waals surface area contributed by atoms with Crippen molar-refractivity contribution >= 4 is 32.3 Å². The van der Waals surface area contributed by atoms with Crippen molar-refractivity contribution in [3.63, 3.8) is 0 Å². The van der Waals surface area contributed by atoms with Crippen LogP contribution in [0.5, 0.6) is 5.75 Å². The molecule has 22 heavy (non-hydrogen) atoms. The van der Waals surface area contributed by atoms with Gasteiger partial charge in [0.15, 0.2) is 0 Å². The normalized spacial score (nSPS) is 12.2. The quantitative estimate of drug-likeness (QED) is 0.691. The smallest absolute Gasteiger partial charge is 0.233 e. The Hall–Kier alpha value is -2.44. The Morgan fingerprint density at radius 3 is 2.77 bits per heavy atom. The molecule has 0 fully saturated rings. The van der Waals surface area contributed by atoms with Crippen molar-refractivity contribution in [2.75, 3.05) is 11.9 Å². The number of hydrogen-bond acceptors (Lipinski definition) is 5. The molecular formula is C16H15N3O2S. The maximum absolute atomic E-state index is 12.4. The molecule has 0 saturated carbocycles. The molecule has 2 aromatic heterocycles. The molecular weight excluding hydrogens is 298 g/mol. The topological polar surface area (TPSA) is 88.2 Å². The van der Waals surface area contributed by atoms with Crippen molar-refractivity contribution in [1.82, 2.24) is 4.98 Å². The summed E-state index contributed by atoms with van der Waals surface area (Å²) in [6.45, 7) is 0.197. The van der Waals surface area contributed by atoms with Crippen LogP contribution in [0.25, 0.3) is 10.1 Å². The molecule has 3 rings (SSSR count). The van der Waals surface area contributed by atoms with Crippen molar-refractivity contribution in [1.29, 1.82) is 0 Å². The highest BCUT2D eigenvalue weighted by atomic mass is 32.1. The van der Waals surface area contributed by atoms with Crippen LogP contribution in [-0.2, 0) is 4.79 Å². The number of phenols is 1. The fourth-order valence-corrected chi connectivity index (χ4v) is 3.19. The summed E-state index contributed by atoms with van der Waals surface area (Å²) in [5.41, 5.74) is 6.52. The molecule has 0 radical (unpaired) electrons. The number of aromatic nitrogens is 1. The van der Waals surface area contributed by atoms with Crippen LogP contribution in [0.4, 0.5) is 5.00 Å². The van der Waals surface area contributed by atoms with Gasteiger partial charge in [-0.3, -0.25) is 9.78 Å². The lowest BCUT2D eigenvalue weighted by atomic mass is 9.98. The molecule has 0 aliphatic heterocycles. The van der Waals surface area contributed by atoms with Gasteiger partial charge in [0.05, 0.1) is 15.6 Å². The maximum atomic E-state index is 12.4. The van der Waals surface area contributed by atoms with Crippen LogP contribution in [0.1, 0.15) is 11.5 Å². The van der Waals surface area contributed by atoms with E-state index in [9.17, 15) is 9.90 Å². The highest BCUT2D eigenvalue weighted by Crippen LogP contribution is 2.30. The SMILES string of the molecule is NCC(C(=O)Nc1cc2ccncc2s1)c1ccc(O)cc1. The van der Waals surface area contributed by atoms with Gasteiger partial charge in [-0.1, -0.05) is 12.1 Å². The van der Waals surface area contributed by atoms with E-state index in [1.165, 1.54) is 11.3 Å². The highest BCUT2D eigenvalue weighted by molar-refractivity contribution is 7.22. The van der Waals surface area contributed by atoms with E-state index in [0.29, 0.717) is 0 Å². The van der Waals surface area contributed by atoms with Crippen LogP contribution < -0.4 is 11.1 Å². The molecule has 0 bridgehead atoms. The third-order valence-corrected chi connectivity index (χ3v) is 4.42. The van der Waals surface area contributed by atoms with Crippen LogP contribution in [0.15, 0.2) is 48.8 Å². The molecule has 0 aliphatic rings. The molecule has 6 heteroatoms. The van der Waals surface area contributed by atoms with Crippen molar-refractivity contribution in [3.05, 3.63) is 54.4 Å². The first-order valence-corrected chi connectivity index (χ1v) is 7.62. The van der Waals surface area contributed by atoms with Gasteiger partial charge in [-0.05, 0) is 35.2 Å². The number of nitrogens with zero attached hydrogens (tertiary/aromatic N) is 1. The Morgan fingerprint density at radius 1 is 1.32 bits per heavy atom. The molecule has 4 N–H and O–H groups in total. The van der Waals surface area contributed by atoms with E-state index in [0.717, 1.165) is 20.7 Å². The molecule has 0 aliphatic carbocycles. The number of amides is 1. The van der Waals surface area contributed by atoms with Crippen LogP contribution in [0.2, 0.25) is 0 Å². The molecule has 1 aromatic carbocycles. The van der Waals surface area contributed by atoms with E-state index in [1.807, 2.05) is 12.1 Å². The predicted molar refractivity (Wildman–Crippen MR) is 88.2 cm³/mol. The van der Waals surface area contributed by atoms with Crippen molar-refractivity contribution in [3.8, 4) is 5.75 Å². The zero-order chi connectivity index (χ0) is 15.5. The summed E-state index contributed by atoms with van der Waals surface area (Å²) >= 11 is 1.48.